The third-order valence-electron chi connectivity index (χ3n) is 3.46. The molecule has 0 saturated carbocycles. The number of ketones is 1. The monoisotopic (exact) mass is 295 g/mol. The van der Waals surface area contributed by atoms with Crippen LogP contribution >= 0.6 is 0 Å². The van der Waals surface area contributed by atoms with Crippen molar-refractivity contribution in [2.45, 2.75) is 26.2 Å². The normalized spacial score (nSPS) is 16.9. The van der Waals surface area contributed by atoms with Crippen LogP contribution in [0.25, 0.3) is 0 Å². The second kappa shape index (κ2) is 6.43. The van der Waals surface area contributed by atoms with Crippen molar-refractivity contribution in [3.63, 3.8) is 0 Å². The summed E-state index contributed by atoms with van der Waals surface area (Å²) in [7, 11) is 0. The van der Waals surface area contributed by atoms with Gasteiger partial charge in [-0.25, -0.2) is 0 Å². The first-order chi connectivity index (χ1) is 10.7. The molecule has 0 unspecified atom stereocenters. The summed E-state index contributed by atoms with van der Waals surface area (Å²) in [4.78, 5) is 16.7. The zero-order valence-corrected chi connectivity index (χ0v) is 12.4. The van der Waals surface area contributed by atoms with Gasteiger partial charge in [0.2, 0.25) is 11.5 Å². The SMILES string of the molecule is Cc1cccc(CC(=O)C2=COC=C(C3=CC=CCC3)O2)n1. The molecule has 112 valence electrons. The lowest BCUT2D eigenvalue weighted by molar-refractivity contribution is -0.118. The molecule has 22 heavy (non-hydrogen) atoms. The predicted octanol–water partition coefficient (Wildman–Crippen LogP) is 3.51. The second-order valence-corrected chi connectivity index (χ2v) is 5.23. The summed E-state index contributed by atoms with van der Waals surface area (Å²) in [6.07, 6.45) is 11.0. The van der Waals surface area contributed by atoms with E-state index in [1.165, 1.54) is 12.5 Å². The highest BCUT2D eigenvalue weighted by molar-refractivity contribution is 5.94. The van der Waals surface area contributed by atoms with Gasteiger partial charge in [0, 0.05) is 11.4 Å². The zero-order chi connectivity index (χ0) is 15.4. The van der Waals surface area contributed by atoms with Crippen LogP contribution in [0.15, 0.2) is 66.0 Å². The van der Waals surface area contributed by atoms with Crippen LogP contribution in [0.2, 0.25) is 0 Å². The van der Waals surface area contributed by atoms with E-state index in [0.29, 0.717) is 5.76 Å². The third-order valence-corrected chi connectivity index (χ3v) is 3.46. The Morgan fingerprint density at radius 1 is 1.32 bits per heavy atom. The van der Waals surface area contributed by atoms with Gasteiger partial charge in [0.1, 0.15) is 12.5 Å². The molecule has 1 aliphatic carbocycles. The Morgan fingerprint density at radius 3 is 3.00 bits per heavy atom. The molecule has 1 aromatic heterocycles. The summed E-state index contributed by atoms with van der Waals surface area (Å²) < 4.78 is 11.0. The molecule has 4 nitrogen and oxygen atoms in total. The van der Waals surface area contributed by atoms with Crippen molar-refractivity contribution in [1.29, 1.82) is 0 Å². The van der Waals surface area contributed by atoms with Crippen LogP contribution < -0.4 is 0 Å². The van der Waals surface area contributed by atoms with Crippen molar-refractivity contribution in [3.05, 3.63) is 77.4 Å². The number of rotatable bonds is 4. The first-order valence-corrected chi connectivity index (χ1v) is 7.28. The highest BCUT2D eigenvalue weighted by atomic mass is 16.5. The van der Waals surface area contributed by atoms with Crippen molar-refractivity contribution < 1.29 is 14.3 Å². The van der Waals surface area contributed by atoms with Gasteiger partial charge in [0.15, 0.2) is 5.76 Å². The maximum atomic E-state index is 12.3. The van der Waals surface area contributed by atoms with E-state index in [2.05, 4.69) is 11.1 Å². The number of hydrogen-bond donors (Lipinski definition) is 0. The molecule has 0 spiro atoms. The standard InChI is InChI=1S/C18H17NO3/c1-13-6-5-9-15(19-13)10-16(20)18-12-21-11-17(22-18)14-7-3-2-4-8-14/h2-3,5-7,9,11-12H,4,8,10H2,1H3. The van der Waals surface area contributed by atoms with E-state index in [-0.39, 0.29) is 18.0 Å². The largest absolute Gasteiger partial charge is 0.465 e. The Hall–Kier alpha value is -2.62. The lowest BCUT2D eigenvalue weighted by atomic mass is 10.0. The first kappa shape index (κ1) is 14.3. The first-order valence-electron chi connectivity index (χ1n) is 7.28. The molecule has 0 radical (unpaired) electrons. The number of aromatic nitrogens is 1. The molecular weight excluding hydrogens is 278 g/mol. The molecule has 0 N–H and O–H groups in total. The van der Waals surface area contributed by atoms with Crippen molar-refractivity contribution in [3.8, 4) is 0 Å². The molecule has 0 fully saturated rings. The van der Waals surface area contributed by atoms with E-state index in [1.807, 2.05) is 37.3 Å². The molecule has 0 aromatic carbocycles. The minimum absolute atomic E-state index is 0.143. The number of nitrogens with zero attached hydrogens (tertiary/aromatic N) is 1. The highest BCUT2D eigenvalue weighted by Gasteiger charge is 2.20. The molecule has 0 saturated heterocycles. The van der Waals surface area contributed by atoms with Gasteiger partial charge in [0.25, 0.3) is 0 Å². The number of hydrogen-bond acceptors (Lipinski definition) is 4. The molecular formula is C18H17NO3. The lowest BCUT2D eigenvalue weighted by Gasteiger charge is -2.18. The lowest BCUT2D eigenvalue weighted by Crippen LogP contribution is -2.14. The van der Waals surface area contributed by atoms with E-state index in [1.54, 1.807) is 0 Å². The van der Waals surface area contributed by atoms with Gasteiger partial charge < -0.3 is 9.47 Å². The van der Waals surface area contributed by atoms with E-state index >= 15 is 0 Å². The summed E-state index contributed by atoms with van der Waals surface area (Å²) in [5.74, 6) is 0.680. The fourth-order valence-electron chi connectivity index (χ4n) is 2.35. The van der Waals surface area contributed by atoms with Crippen LogP contribution in [0.1, 0.15) is 24.2 Å². The molecule has 0 bridgehead atoms. The van der Waals surface area contributed by atoms with E-state index < -0.39 is 0 Å². The maximum absolute atomic E-state index is 12.3. The minimum atomic E-state index is -0.143. The smallest absolute Gasteiger partial charge is 0.207 e. The summed E-state index contributed by atoms with van der Waals surface area (Å²) in [5.41, 5.74) is 2.65. The Morgan fingerprint density at radius 2 is 2.23 bits per heavy atom. The molecule has 2 aliphatic rings. The molecule has 0 atom stereocenters. The van der Waals surface area contributed by atoms with Crippen LogP contribution in [0, 0.1) is 6.92 Å². The quantitative estimate of drug-likeness (QED) is 0.853. The summed E-state index contributed by atoms with van der Waals surface area (Å²) in [5, 5.41) is 0. The Labute approximate surface area is 129 Å². The van der Waals surface area contributed by atoms with Crippen LogP contribution in [0.5, 0.6) is 0 Å². The van der Waals surface area contributed by atoms with Crippen LogP contribution in [0.4, 0.5) is 0 Å². The fourth-order valence-corrected chi connectivity index (χ4v) is 2.35. The molecule has 1 aliphatic heterocycles. The second-order valence-electron chi connectivity index (χ2n) is 5.23. The number of allylic oxidation sites excluding steroid dienone is 5. The Kier molecular flexibility index (Phi) is 4.19. The minimum Gasteiger partial charge on any atom is -0.465 e. The van der Waals surface area contributed by atoms with Crippen molar-refractivity contribution in [2.24, 2.45) is 0 Å². The van der Waals surface area contributed by atoms with E-state index in [4.69, 9.17) is 9.47 Å². The zero-order valence-electron chi connectivity index (χ0n) is 12.4. The summed E-state index contributed by atoms with van der Waals surface area (Å²) in [6.45, 7) is 1.90. The van der Waals surface area contributed by atoms with E-state index in [0.717, 1.165) is 29.8 Å². The Bertz CT molecular complexity index is 711. The van der Waals surface area contributed by atoms with Gasteiger partial charge in [0.05, 0.1) is 6.42 Å². The molecule has 2 heterocycles. The molecule has 1 aromatic rings. The average Bonchev–Trinajstić information content (AvgIpc) is 2.56. The number of pyridine rings is 1. The van der Waals surface area contributed by atoms with Crippen LogP contribution in [0.3, 0.4) is 0 Å². The van der Waals surface area contributed by atoms with Crippen molar-refractivity contribution in [2.75, 3.05) is 0 Å². The van der Waals surface area contributed by atoms with Gasteiger partial charge in [-0.2, -0.15) is 0 Å². The van der Waals surface area contributed by atoms with Crippen LogP contribution in [-0.4, -0.2) is 10.8 Å². The highest BCUT2D eigenvalue weighted by Crippen LogP contribution is 2.26. The van der Waals surface area contributed by atoms with Gasteiger partial charge in [-0.3, -0.25) is 9.78 Å². The molecule has 4 heteroatoms. The van der Waals surface area contributed by atoms with Gasteiger partial charge in [-0.15, -0.1) is 0 Å². The maximum Gasteiger partial charge on any atom is 0.207 e. The van der Waals surface area contributed by atoms with Gasteiger partial charge in [-0.05, 0) is 37.5 Å². The topological polar surface area (TPSA) is 48.4 Å². The number of carbonyl (C=O) groups is 1. The number of ether oxygens (including phenoxy) is 2. The van der Waals surface area contributed by atoms with Crippen LogP contribution in [-0.2, 0) is 20.7 Å². The van der Waals surface area contributed by atoms with Crippen molar-refractivity contribution in [1.82, 2.24) is 4.98 Å². The summed E-state index contributed by atoms with van der Waals surface area (Å²) in [6, 6.07) is 5.62. The van der Waals surface area contributed by atoms with Crippen molar-refractivity contribution >= 4 is 5.78 Å². The number of Topliss-reactive ketones (excluding diaryl/α,β-unsaturated/α-hetero) is 1. The fraction of sp³-hybridized carbons (Fsp3) is 0.222. The molecule has 3 rings (SSSR count). The van der Waals surface area contributed by atoms with E-state index in [9.17, 15) is 4.79 Å². The third kappa shape index (κ3) is 3.34. The predicted molar refractivity (Wildman–Crippen MR) is 82.5 cm³/mol. The number of aryl methyl sites for hydroxylation is 1. The molecule has 0 amide bonds. The summed E-state index contributed by atoms with van der Waals surface area (Å²) >= 11 is 0. The average molecular weight is 295 g/mol. The Balaban J connectivity index is 1.68. The number of carbonyl (C=O) groups excluding carboxylic acids is 1. The van der Waals surface area contributed by atoms with Gasteiger partial charge >= 0.3 is 0 Å². The van der Waals surface area contributed by atoms with Gasteiger partial charge in [-0.1, -0.05) is 24.3 Å².